The summed E-state index contributed by atoms with van der Waals surface area (Å²) in [6, 6.07) is 9.27. The molecule has 0 radical (unpaired) electrons. The molecule has 2 aromatic heterocycles. The topological polar surface area (TPSA) is 123 Å². The molecule has 1 fully saturated rings. The van der Waals surface area contributed by atoms with Crippen molar-refractivity contribution in [2.24, 2.45) is 0 Å². The van der Waals surface area contributed by atoms with Crippen molar-refractivity contribution in [2.45, 2.75) is 50.7 Å². The number of nitrogens with zero attached hydrogens (tertiary/aromatic N) is 5. The minimum atomic E-state index is -3.74. The highest BCUT2D eigenvalue weighted by atomic mass is 32.2. The summed E-state index contributed by atoms with van der Waals surface area (Å²) in [5.74, 6) is -0.0528. The van der Waals surface area contributed by atoms with E-state index in [9.17, 15) is 13.2 Å². The second kappa shape index (κ2) is 8.60. The zero-order valence-electron chi connectivity index (χ0n) is 17.4. The third kappa shape index (κ3) is 4.37. The number of nitrogens with one attached hydrogen (secondary N) is 1. The Morgan fingerprint density at radius 3 is 2.74 bits per heavy atom. The van der Waals surface area contributed by atoms with Gasteiger partial charge >= 0.3 is 0 Å². The van der Waals surface area contributed by atoms with E-state index >= 15 is 0 Å². The lowest BCUT2D eigenvalue weighted by Crippen LogP contribution is -2.38. The molecule has 0 aliphatic carbocycles. The molecule has 1 saturated heterocycles. The van der Waals surface area contributed by atoms with E-state index in [0.717, 1.165) is 12.0 Å². The molecule has 0 unspecified atom stereocenters. The van der Waals surface area contributed by atoms with Crippen LogP contribution in [0.1, 0.15) is 40.3 Å². The Morgan fingerprint density at radius 1 is 1.26 bits per heavy atom. The molecule has 1 atom stereocenters. The molecule has 1 aliphatic heterocycles. The van der Waals surface area contributed by atoms with E-state index in [0.29, 0.717) is 31.7 Å². The van der Waals surface area contributed by atoms with E-state index < -0.39 is 10.0 Å². The molecular weight excluding hydrogens is 420 g/mol. The average molecular weight is 445 g/mol. The summed E-state index contributed by atoms with van der Waals surface area (Å²) in [4.78, 5) is 12.5. The van der Waals surface area contributed by atoms with Crippen LogP contribution in [0, 0.1) is 13.8 Å². The molecule has 0 saturated carbocycles. The Labute approximate surface area is 180 Å². The number of benzene rings is 1. The van der Waals surface area contributed by atoms with E-state index in [1.165, 1.54) is 8.99 Å². The molecule has 3 aromatic rings. The van der Waals surface area contributed by atoms with Gasteiger partial charge in [0, 0.05) is 19.1 Å². The number of hydrogen-bond acceptors (Lipinski definition) is 7. The maximum Gasteiger partial charge on any atom is 0.273 e. The predicted molar refractivity (Wildman–Crippen MR) is 111 cm³/mol. The first-order valence-electron chi connectivity index (χ1n) is 10.0. The first-order valence-corrected chi connectivity index (χ1v) is 11.5. The van der Waals surface area contributed by atoms with Crippen LogP contribution < -0.4 is 5.32 Å². The van der Waals surface area contributed by atoms with Crippen LogP contribution >= 0.6 is 0 Å². The molecule has 3 heterocycles. The molecule has 11 heteroatoms. The molecule has 4 rings (SSSR count). The maximum absolute atomic E-state index is 13.2. The zero-order chi connectivity index (χ0) is 22.0. The van der Waals surface area contributed by atoms with E-state index in [-0.39, 0.29) is 28.3 Å². The Bertz CT molecular complexity index is 1150. The van der Waals surface area contributed by atoms with Gasteiger partial charge in [-0.05, 0) is 32.3 Å². The first kappa shape index (κ1) is 21.2. The fourth-order valence-electron chi connectivity index (χ4n) is 3.84. The lowest BCUT2D eigenvalue weighted by atomic mass is 10.2. The number of hydrogen-bond donors (Lipinski definition) is 1. The summed E-state index contributed by atoms with van der Waals surface area (Å²) in [5.41, 5.74) is 1.52. The summed E-state index contributed by atoms with van der Waals surface area (Å²) in [6.45, 7) is 4.32. The van der Waals surface area contributed by atoms with Gasteiger partial charge in [-0.2, -0.15) is 4.31 Å². The first-order chi connectivity index (χ1) is 14.9. The van der Waals surface area contributed by atoms with Crippen LogP contribution in [0.4, 0.5) is 0 Å². The molecule has 0 spiro atoms. The van der Waals surface area contributed by atoms with Gasteiger partial charge in [0.2, 0.25) is 10.0 Å². The molecule has 31 heavy (non-hydrogen) atoms. The van der Waals surface area contributed by atoms with Crippen LogP contribution in [0.3, 0.4) is 0 Å². The summed E-state index contributed by atoms with van der Waals surface area (Å²) in [6.07, 6.45) is 2.98. The zero-order valence-corrected chi connectivity index (χ0v) is 18.2. The number of sulfonamides is 1. The van der Waals surface area contributed by atoms with Crippen molar-refractivity contribution < 1.29 is 17.7 Å². The van der Waals surface area contributed by atoms with Crippen molar-refractivity contribution in [2.75, 3.05) is 6.54 Å². The van der Waals surface area contributed by atoms with Gasteiger partial charge in [-0.1, -0.05) is 40.7 Å². The molecule has 1 amide bonds. The Hall–Kier alpha value is -3.05. The summed E-state index contributed by atoms with van der Waals surface area (Å²) in [5, 5.41) is 14.5. The van der Waals surface area contributed by atoms with Gasteiger partial charge in [-0.15, -0.1) is 5.10 Å². The highest BCUT2D eigenvalue weighted by Gasteiger charge is 2.38. The van der Waals surface area contributed by atoms with Gasteiger partial charge in [0.1, 0.15) is 10.6 Å². The number of amides is 1. The maximum atomic E-state index is 13.2. The van der Waals surface area contributed by atoms with E-state index in [4.69, 9.17) is 4.52 Å². The number of rotatable bonds is 7. The van der Waals surface area contributed by atoms with Crippen molar-refractivity contribution in [3.05, 3.63) is 59.2 Å². The van der Waals surface area contributed by atoms with Gasteiger partial charge in [0.15, 0.2) is 11.5 Å². The second-order valence-corrected chi connectivity index (χ2v) is 9.39. The van der Waals surface area contributed by atoms with E-state index in [1.54, 1.807) is 20.0 Å². The summed E-state index contributed by atoms with van der Waals surface area (Å²) < 4.78 is 34.4. The fraction of sp³-hybridized carbons (Fsp3) is 0.400. The third-order valence-electron chi connectivity index (χ3n) is 5.32. The van der Waals surface area contributed by atoms with Gasteiger partial charge < -0.3 is 9.84 Å². The molecular formula is C20H24N6O4S. The third-order valence-corrected chi connectivity index (χ3v) is 7.52. The van der Waals surface area contributed by atoms with Crippen molar-refractivity contribution >= 4 is 15.9 Å². The standard InChI is InChI=1S/C20H24N6O4S/c1-14-19(15(2)30-23-14)31(28,29)26-10-6-9-17(26)12-25-13-18(22-24-25)20(27)21-11-16-7-4-3-5-8-16/h3-5,7-8,13,17H,6,9-12H2,1-2H3,(H,21,27)/t17-/m0/s1. The fourth-order valence-corrected chi connectivity index (χ4v) is 5.82. The van der Waals surface area contributed by atoms with E-state index in [1.807, 2.05) is 30.3 Å². The summed E-state index contributed by atoms with van der Waals surface area (Å²) in [7, 11) is -3.74. The monoisotopic (exact) mass is 444 g/mol. The largest absolute Gasteiger partial charge is 0.360 e. The van der Waals surface area contributed by atoms with Crippen LogP contribution in [0.5, 0.6) is 0 Å². The van der Waals surface area contributed by atoms with Crippen LogP contribution in [-0.2, 0) is 23.1 Å². The quantitative estimate of drug-likeness (QED) is 0.588. The number of aryl methyl sites for hydroxylation is 2. The minimum Gasteiger partial charge on any atom is -0.360 e. The van der Waals surface area contributed by atoms with Gasteiger partial charge in [0.25, 0.3) is 5.91 Å². The summed E-state index contributed by atoms with van der Waals surface area (Å²) >= 11 is 0. The molecule has 1 aromatic carbocycles. The van der Waals surface area contributed by atoms with Gasteiger partial charge in [-0.25, -0.2) is 8.42 Å². The van der Waals surface area contributed by atoms with Crippen LogP contribution in [0.25, 0.3) is 0 Å². The molecule has 164 valence electrons. The molecule has 1 N–H and O–H groups in total. The molecule has 0 bridgehead atoms. The van der Waals surface area contributed by atoms with E-state index in [2.05, 4.69) is 20.8 Å². The van der Waals surface area contributed by atoms with Crippen LogP contribution in [0.15, 0.2) is 45.9 Å². The van der Waals surface area contributed by atoms with Crippen LogP contribution in [-0.4, -0.2) is 51.4 Å². The number of carbonyl (C=O) groups excluding carboxylic acids is 1. The van der Waals surface area contributed by atoms with Crippen molar-refractivity contribution in [1.29, 1.82) is 0 Å². The van der Waals surface area contributed by atoms with Crippen molar-refractivity contribution in [3.8, 4) is 0 Å². The SMILES string of the molecule is Cc1noc(C)c1S(=O)(=O)N1CCC[C@H]1Cn1cc(C(=O)NCc2ccccc2)nn1. The smallest absolute Gasteiger partial charge is 0.273 e. The Morgan fingerprint density at radius 2 is 2.03 bits per heavy atom. The predicted octanol–water partition coefficient (Wildman–Crippen LogP) is 1.67. The highest BCUT2D eigenvalue weighted by molar-refractivity contribution is 7.89. The molecule has 10 nitrogen and oxygen atoms in total. The normalized spacial score (nSPS) is 17.2. The highest BCUT2D eigenvalue weighted by Crippen LogP contribution is 2.30. The lowest BCUT2D eigenvalue weighted by molar-refractivity contribution is 0.0945. The average Bonchev–Trinajstić information content (AvgIpc) is 3.48. The molecule has 1 aliphatic rings. The van der Waals surface area contributed by atoms with Crippen molar-refractivity contribution in [3.63, 3.8) is 0 Å². The number of carbonyl (C=O) groups is 1. The van der Waals surface area contributed by atoms with Crippen LogP contribution in [0.2, 0.25) is 0 Å². The van der Waals surface area contributed by atoms with Crippen molar-refractivity contribution in [1.82, 2.24) is 29.8 Å². The minimum absolute atomic E-state index is 0.124. The second-order valence-electron chi connectivity index (χ2n) is 7.56. The lowest BCUT2D eigenvalue weighted by Gasteiger charge is -2.23. The number of aromatic nitrogens is 4. The Balaban J connectivity index is 1.43. The van der Waals surface area contributed by atoms with Gasteiger partial charge in [-0.3, -0.25) is 9.48 Å². The Kier molecular flexibility index (Phi) is 5.88. The van der Waals surface area contributed by atoms with Gasteiger partial charge in [0.05, 0.1) is 12.7 Å².